The second-order valence-electron chi connectivity index (χ2n) is 2.67. The van der Waals surface area contributed by atoms with Crippen molar-refractivity contribution in [2.75, 3.05) is 0 Å². The van der Waals surface area contributed by atoms with Gasteiger partial charge >= 0.3 is 75.9 Å². The molecule has 0 aliphatic heterocycles. The van der Waals surface area contributed by atoms with Crippen LogP contribution in [0.3, 0.4) is 0 Å². The van der Waals surface area contributed by atoms with Gasteiger partial charge in [0.25, 0.3) is 0 Å². The Morgan fingerprint density at radius 1 is 1.10 bits per heavy atom. The van der Waals surface area contributed by atoms with Crippen LogP contribution in [0.4, 0.5) is 0 Å². The van der Waals surface area contributed by atoms with E-state index in [4.69, 9.17) is 17.8 Å². The number of hydrogen-bond donors (Lipinski definition) is 0. The van der Waals surface area contributed by atoms with Gasteiger partial charge in [-0.25, -0.2) is 0 Å². The Balaban J connectivity index is 3.28. The number of unbranched alkanes of at least 4 members (excludes halogenated alkanes) is 2. The van der Waals surface area contributed by atoms with Crippen LogP contribution in [0, 0.1) is 0 Å². The van der Waals surface area contributed by atoms with E-state index < -0.39 is 16.1 Å². The van der Waals surface area contributed by atoms with Crippen molar-refractivity contribution in [2.45, 2.75) is 42.0 Å². The van der Waals surface area contributed by atoms with Crippen molar-refractivity contribution in [2.24, 2.45) is 0 Å². The van der Waals surface area contributed by atoms with Crippen molar-refractivity contribution in [1.29, 1.82) is 0 Å². The Kier molecular flexibility index (Phi) is 6.78. The minimum absolute atomic E-state index is 1.06. The van der Waals surface area contributed by atoms with Crippen LogP contribution in [-0.2, 0) is 0 Å². The van der Waals surface area contributed by atoms with Gasteiger partial charge in [-0.15, -0.1) is 0 Å². The zero-order chi connectivity index (χ0) is 8.04. The average molecular weight is 290 g/mol. The van der Waals surface area contributed by atoms with Gasteiger partial charge in [-0.05, 0) is 0 Å². The summed E-state index contributed by atoms with van der Waals surface area (Å²) in [7, 11) is 12.3. The minimum atomic E-state index is -2.44. The Hall–Kier alpha value is 1.38. The standard InChI is InChI=1S/C5H11.C2H5.2ClH.Sn/c1-3-5-4-2;1-2;;;/h1,3-5H2,2H3;1H2,2H3;2*1H;/q;;;;+2/p-2. The summed E-state index contributed by atoms with van der Waals surface area (Å²) in [6.45, 7) is 4.31. The molecular weight excluding hydrogens is 274 g/mol. The summed E-state index contributed by atoms with van der Waals surface area (Å²) in [5.41, 5.74) is 0. The van der Waals surface area contributed by atoms with Gasteiger partial charge in [-0.2, -0.15) is 0 Å². The van der Waals surface area contributed by atoms with E-state index in [-0.39, 0.29) is 0 Å². The number of rotatable bonds is 5. The van der Waals surface area contributed by atoms with Crippen LogP contribution < -0.4 is 0 Å². The van der Waals surface area contributed by atoms with Crippen LogP contribution in [0.15, 0.2) is 0 Å². The predicted octanol–water partition coefficient (Wildman–Crippen LogP) is 4.12. The van der Waals surface area contributed by atoms with Gasteiger partial charge < -0.3 is 0 Å². The second-order valence-corrected chi connectivity index (χ2v) is 22.0. The summed E-state index contributed by atoms with van der Waals surface area (Å²) in [5.74, 6) is 0. The molecule has 0 rings (SSSR count). The van der Waals surface area contributed by atoms with Crippen LogP contribution >= 0.6 is 17.8 Å². The van der Waals surface area contributed by atoms with E-state index in [9.17, 15) is 0 Å². The molecule has 0 aliphatic rings. The molecule has 0 radical (unpaired) electrons. The van der Waals surface area contributed by atoms with E-state index in [1.165, 1.54) is 19.3 Å². The van der Waals surface area contributed by atoms with Crippen LogP contribution in [0.1, 0.15) is 33.1 Å². The van der Waals surface area contributed by atoms with E-state index in [1.54, 1.807) is 0 Å². The molecule has 0 bridgehead atoms. The van der Waals surface area contributed by atoms with E-state index >= 15 is 0 Å². The zero-order valence-electron chi connectivity index (χ0n) is 6.79. The maximum absolute atomic E-state index is 6.13. The van der Waals surface area contributed by atoms with Crippen molar-refractivity contribution in [3.05, 3.63) is 0 Å². The fourth-order valence-electron chi connectivity index (χ4n) is 0.810. The molecule has 3 heteroatoms. The molecule has 0 spiro atoms. The molecule has 0 saturated heterocycles. The maximum atomic E-state index is 6.13. The number of hydrogen-bond acceptors (Lipinski definition) is 0. The third-order valence-electron chi connectivity index (χ3n) is 1.66. The second kappa shape index (κ2) is 5.96. The Bertz CT molecular complexity index is 83.7. The molecular formula is C7H16Cl2Sn. The predicted molar refractivity (Wildman–Crippen MR) is 52.3 cm³/mol. The molecule has 0 aromatic heterocycles. The fourth-order valence-corrected chi connectivity index (χ4v) is 5.80. The van der Waals surface area contributed by atoms with Gasteiger partial charge in [0, 0.05) is 0 Å². The van der Waals surface area contributed by atoms with Crippen LogP contribution in [-0.4, -0.2) is 16.1 Å². The summed E-state index contributed by atoms with van der Waals surface area (Å²) >= 11 is -2.44. The average Bonchev–Trinajstić information content (AvgIpc) is 1.89. The third kappa shape index (κ3) is 6.11. The van der Waals surface area contributed by atoms with E-state index in [0.717, 1.165) is 8.87 Å². The molecule has 0 nitrogen and oxygen atoms in total. The Morgan fingerprint density at radius 3 is 2.10 bits per heavy atom. The summed E-state index contributed by atoms with van der Waals surface area (Å²) in [4.78, 5) is 0. The zero-order valence-corrected chi connectivity index (χ0v) is 11.2. The summed E-state index contributed by atoms with van der Waals surface area (Å²) in [5, 5.41) is 0. The molecule has 0 aromatic carbocycles. The molecule has 0 N–H and O–H groups in total. The first-order valence-corrected chi connectivity index (χ1v) is 15.3. The molecule has 0 fully saturated rings. The normalized spacial score (nSPS) is 12.0. The third-order valence-corrected chi connectivity index (χ3v) is 13.8. The van der Waals surface area contributed by atoms with Crippen LogP contribution in [0.25, 0.3) is 0 Å². The SMILES string of the molecule is CCCC[CH2][Sn]([Cl])([Cl])[CH2]C. The quantitative estimate of drug-likeness (QED) is 0.528. The molecule has 0 saturated carbocycles. The monoisotopic (exact) mass is 290 g/mol. The molecule has 10 heavy (non-hydrogen) atoms. The van der Waals surface area contributed by atoms with Crippen LogP contribution in [0.2, 0.25) is 8.87 Å². The summed E-state index contributed by atoms with van der Waals surface area (Å²) < 4.78 is 2.20. The molecule has 0 aliphatic carbocycles. The van der Waals surface area contributed by atoms with Gasteiger partial charge in [-0.1, -0.05) is 0 Å². The molecule has 0 unspecified atom stereocenters. The summed E-state index contributed by atoms with van der Waals surface area (Å²) in [6.07, 6.45) is 3.80. The van der Waals surface area contributed by atoms with Gasteiger partial charge in [0.1, 0.15) is 0 Å². The van der Waals surface area contributed by atoms with E-state index in [0.29, 0.717) is 0 Å². The van der Waals surface area contributed by atoms with E-state index in [1.807, 2.05) is 0 Å². The Morgan fingerprint density at radius 2 is 1.70 bits per heavy atom. The molecule has 62 valence electrons. The van der Waals surface area contributed by atoms with E-state index in [2.05, 4.69) is 13.8 Å². The first-order valence-electron chi connectivity index (χ1n) is 4.00. The van der Waals surface area contributed by atoms with Crippen LogP contribution in [0.5, 0.6) is 0 Å². The molecule has 0 amide bonds. The summed E-state index contributed by atoms with van der Waals surface area (Å²) in [6, 6.07) is 0. The Labute approximate surface area is 75.6 Å². The van der Waals surface area contributed by atoms with Crippen molar-refractivity contribution in [1.82, 2.24) is 0 Å². The van der Waals surface area contributed by atoms with Crippen molar-refractivity contribution in [3.8, 4) is 0 Å². The van der Waals surface area contributed by atoms with Crippen molar-refractivity contribution in [3.63, 3.8) is 0 Å². The topological polar surface area (TPSA) is 0 Å². The van der Waals surface area contributed by atoms with Gasteiger partial charge in [0.2, 0.25) is 0 Å². The first-order chi connectivity index (χ1) is 4.62. The number of halogens is 2. The van der Waals surface area contributed by atoms with Crippen molar-refractivity contribution < 1.29 is 0 Å². The van der Waals surface area contributed by atoms with Crippen molar-refractivity contribution >= 4 is 34.0 Å². The van der Waals surface area contributed by atoms with Gasteiger partial charge in [-0.3, -0.25) is 0 Å². The first kappa shape index (κ1) is 11.4. The molecule has 0 aromatic rings. The molecule has 0 atom stereocenters. The fraction of sp³-hybridized carbons (Fsp3) is 1.00. The van der Waals surface area contributed by atoms with Gasteiger partial charge in [0.15, 0.2) is 0 Å². The van der Waals surface area contributed by atoms with Gasteiger partial charge in [0.05, 0.1) is 0 Å². The molecule has 0 heterocycles.